The van der Waals surface area contributed by atoms with Gasteiger partial charge in [-0.2, -0.15) is 0 Å². The largest absolute Gasteiger partial charge is 0.480 e. The van der Waals surface area contributed by atoms with Gasteiger partial charge in [0.05, 0.1) is 11.9 Å². The first-order chi connectivity index (χ1) is 6.29. The number of hydrogen-bond acceptors (Lipinski definition) is 3. The van der Waals surface area contributed by atoms with Gasteiger partial charge >= 0.3 is 0 Å². The van der Waals surface area contributed by atoms with Gasteiger partial charge < -0.3 is 10.1 Å². The second-order valence-electron chi connectivity index (χ2n) is 2.86. The fraction of sp³-hybridized carbons (Fsp3) is 0.333. The zero-order valence-electron chi connectivity index (χ0n) is 7.33. The molecule has 2 heterocycles. The third kappa shape index (κ3) is 1.47. The highest BCUT2D eigenvalue weighted by Crippen LogP contribution is 2.26. The summed E-state index contributed by atoms with van der Waals surface area (Å²) in [6.07, 6.45) is 2.50. The highest BCUT2D eigenvalue weighted by Gasteiger charge is 2.15. The van der Waals surface area contributed by atoms with E-state index in [0.29, 0.717) is 5.75 Å². The summed E-state index contributed by atoms with van der Waals surface area (Å²) in [4.78, 5) is 15.1. The smallest absolute Gasteiger partial charge is 0.262 e. The fourth-order valence-corrected chi connectivity index (χ4v) is 1.22. The van der Waals surface area contributed by atoms with Crippen molar-refractivity contribution in [2.75, 3.05) is 11.9 Å². The van der Waals surface area contributed by atoms with Gasteiger partial charge in [0.15, 0.2) is 12.4 Å². The van der Waals surface area contributed by atoms with Gasteiger partial charge in [0, 0.05) is 5.69 Å². The number of carbonyl (C=O) groups is 1. The van der Waals surface area contributed by atoms with Crippen LogP contribution in [-0.4, -0.2) is 17.5 Å². The van der Waals surface area contributed by atoms with E-state index in [1.165, 1.54) is 0 Å². The maximum absolute atomic E-state index is 11.0. The van der Waals surface area contributed by atoms with Gasteiger partial charge in [-0.3, -0.25) is 9.78 Å². The van der Waals surface area contributed by atoms with E-state index in [1.807, 2.05) is 13.0 Å². The van der Waals surface area contributed by atoms with Crippen LogP contribution in [0.4, 0.5) is 5.69 Å². The number of carbonyl (C=O) groups excluding carboxylic acids is 1. The van der Waals surface area contributed by atoms with E-state index in [1.54, 1.807) is 6.20 Å². The molecule has 4 nitrogen and oxygen atoms in total. The molecule has 1 amide bonds. The van der Waals surface area contributed by atoms with E-state index in [2.05, 4.69) is 10.3 Å². The Morgan fingerprint density at radius 3 is 3.31 bits per heavy atom. The number of nitrogens with one attached hydrogen (secondary N) is 1. The van der Waals surface area contributed by atoms with E-state index < -0.39 is 0 Å². The zero-order chi connectivity index (χ0) is 9.26. The van der Waals surface area contributed by atoms with Crippen LogP contribution in [0, 0.1) is 0 Å². The van der Waals surface area contributed by atoms with Crippen molar-refractivity contribution in [1.82, 2.24) is 4.98 Å². The molecule has 0 aliphatic carbocycles. The Bertz CT molecular complexity index is 349. The molecule has 0 saturated carbocycles. The molecular weight excluding hydrogens is 168 g/mol. The number of ether oxygens (including phenoxy) is 1. The maximum atomic E-state index is 11.0. The predicted octanol–water partition coefficient (Wildman–Crippen LogP) is 0.975. The molecule has 0 bridgehead atoms. The first kappa shape index (κ1) is 8.04. The van der Waals surface area contributed by atoms with Crippen LogP contribution in [0.5, 0.6) is 5.75 Å². The Hall–Kier alpha value is -1.58. The lowest BCUT2D eigenvalue weighted by molar-refractivity contribution is -0.118. The highest BCUT2D eigenvalue weighted by atomic mass is 16.5. The van der Waals surface area contributed by atoms with Crippen LogP contribution in [-0.2, 0) is 11.2 Å². The molecule has 1 N–H and O–H groups in total. The maximum Gasteiger partial charge on any atom is 0.262 e. The first-order valence-corrected chi connectivity index (χ1v) is 4.21. The molecule has 0 saturated heterocycles. The van der Waals surface area contributed by atoms with E-state index in [4.69, 9.17) is 4.74 Å². The normalized spacial score (nSPS) is 14.4. The van der Waals surface area contributed by atoms with Crippen LogP contribution in [0.25, 0.3) is 0 Å². The fourth-order valence-electron chi connectivity index (χ4n) is 1.22. The van der Waals surface area contributed by atoms with Crippen molar-refractivity contribution in [3.8, 4) is 5.75 Å². The Morgan fingerprint density at radius 2 is 2.54 bits per heavy atom. The van der Waals surface area contributed by atoms with Crippen molar-refractivity contribution in [2.45, 2.75) is 13.3 Å². The van der Waals surface area contributed by atoms with Crippen LogP contribution >= 0.6 is 0 Å². The Morgan fingerprint density at radius 1 is 1.69 bits per heavy atom. The van der Waals surface area contributed by atoms with E-state index in [9.17, 15) is 4.79 Å². The molecule has 0 radical (unpaired) electrons. The van der Waals surface area contributed by atoms with Crippen molar-refractivity contribution in [2.24, 2.45) is 0 Å². The van der Waals surface area contributed by atoms with Gasteiger partial charge in [-0.05, 0) is 12.5 Å². The Labute approximate surface area is 75.9 Å². The molecule has 0 aromatic carbocycles. The monoisotopic (exact) mass is 178 g/mol. The molecular formula is C9H10N2O2. The summed E-state index contributed by atoms with van der Waals surface area (Å²) in [6.45, 7) is 2.10. The lowest BCUT2D eigenvalue weighted by atomic mass is 10.2. The molecule has 4 heteroatoms. The minimum atomic E-state index is -0.110. The minimum Gasteiger partial charge on any atom is -0.480 e. The molecule has 0 fully saturated rings. The van der Waals surface area contributed by atoms with Crippen LogP contribution in [0.1, 0.15) is 12.6 Å². The molecule has 2 rings (SSSR count). The molecule has 68 valence electrons. The first-order valence-electron chi connectivity index (χ1n) is 4.21. The third-order valence-corrected chi connectivity index (χ3v) is 1.92. The standard InChI is InChI=1S/C9H10N2O2/c1-2-6-3-7-8(4-10-6)13-5-9(12)11-7/h3-4H,2,5H2,1H3,(H,11,12). The van der Waals surface area contributed by atoms with Crippen LogP contribution in [0.3, 0.4) is 0 Å². The quantitative estimate of drug-likeness (QED) is 0.697. The van der Waals surface area contributed by atoms with Gasteiger partial charge in [0.1, 0.15) is 0 Å². The number of aromatic nitrogens is 1. The number of pyridine rings is 1. The Kier molecular flexibility index (Phi) is 1.88. The third-order valence-electron chi connectivity index (χ3n) is 1.92. The average Bonchev–Trinajstić information content (AvgIpc) is 2.16. The Balaban J connectivity index is 2.38. The molecule has 0 spiro atoms. The summed E-state index contributed by atoms with van der Waals surface area (Å²) in [5.74, 6) is 0.539. The summed E-state index contributed by atoms with van der Waals surface area (Å²) < 4.78 is 5.16. The van der Waals surface area contributed by atoms with Crippen LogP contribution in [0.2, 0.25) is 0 Å². The van der Waals surface area contributed by atoms with Crippen LogP contribution in [0.15, 0.2) is 12.3 Å². The van der Waals surface area contributed by atoms with Gasteiger partial charge in [0.2, 0.25) is 0 Å². The number of anilines is 1. The zero-order valence-corrected chi connectivity index (χ0v) is 7.33. The molecule has 0 atom stereocenters. The van der Waals surface area contributed by atoms with Crippen molar-refractivity contribution < 1.29 is 9.53 Å². The molecule has 0 unspecified atom stereocenters. The molecule has 1 aromatic heterocycles. The summed E-state index contributed by atoms with van der Waals surface area (Å²) in [7, 11) is 0. The number of amides is 1. The second-order valence-corrected chi connectivity index (χ2v) is 2.86. The summed E-state index contributed by atoms with van der Waals surface area (Å²) in [5, 5.41) is 2.73. The molecule has 1 aliphatic rings. The minimum absolute atomic E-state index is 0.0835. The number of aryl methyl sites for hydroxylation is 1. The summed E-state index contributed by atoms with van der Waals surface area (Å²) in [6, 6.07) is 1.84. The second kappa shape index (κ2) is 3.05. The van der Waals surface area contributed by atoms with Crippen molar-refractivity contribution in [3.63, 3.8) is 0 Å². The predicted molar refractivity (Wildman–Crippen MR) is 47.7 cm³/mol. The molecule has 1 aliphatic heterocycles. The van der Waals surface area contributed by atoms with Gasteiger partial charge in [0.25, 0.3) is 5.91 Å². The van der Waals surface area contributed by atoms with Gasteiger partial charge in [-0.25, -0.2) is 0 Å². The van der Waals surface area contributed by atoms with Crippen molar-refractivity contribution in [1.29, 1.82) is 0 Å². The van der Waals surface area contributed by atoms with Gasteiger partial charge in [-0.15, -0.1) is 0 Å². The molecule has 1 aromatic rings. The number of fused-ring (bicyclic) bond motifs is 1. The van der Waals surface area contributed by atoms with Crippen molar-refractivity contribution in [3.05, 3.63) is 18.0 Å². The average molecular weight is 178 g/mol. The van der Waals surface area contributed by atoms with Crippen molar-refractivity contribution >= 4 is 11.6 Å². The van der Waals surface area contributed by atoms with Crippen LogP contribution < -0.4 is 10.1 Å². The van der Waals surface area contributed by atoms with E-state index in [0.717, 1.165) is 17.8 Å². The van der Waals surface area contributed by atoms with E-state index in [-0.39, 0.29) is 12.5 Å². The molecule has 13 heavy (non-hydrogen) atoms. The highest BCUT2D eigenvalue weighted by molar-refractivity contribution is 5.95. The van der Waals surface area contributed by atoms with E-state index >= 15 is 0 Å². The lowest BCUT2D eigenvalue weighted by Gasteiger charge is -2.17. The van der Waals surface area contributed by atoms with Gasteiger partial charge in [-0.1, -0.05) is 6.92 Å². The summed E-state index contributed by atoms with van der Waals surface area (Å²) >= 11 is 0. The number of nitrogens with zero attached hydrogens (tertiary/aromatic N) is 1. The lowest BCUT2D eigenvalue weighted by Crippen LogP contribution is -2.25. The SMILES string of the molecule is CCc1cc2c(cn1)OCC(=O)N2. The number of hydrogen-bond donors (Lipinski definition) is 1. The summed E-state index contributed by atoms with van der Waals surface area (Å²) in [5.41, 5.74) is 1.67. The topological polar surface area (TPSA) is 51.2 Å². The number of rotatable bonds is 1.